The van der Waals surface area contributed by atoms with E-state index in [0.717, 1.165) is 37.8 Å². The molecule has 1 atom stereocenters. The molecule has 0 bridgehead atoms. The summed E-state index contributed by atoms with van der Waals surface area (Å²) in [5, 5.41) is 2.99. The Morgan fingerprint density at radius 1 is 1.50 bits per heavy atom. The van der Waals surface area contributed by atoms with Gasteiger partial charge in [-0.2, -0.15) is 0 Å². The van der Waals surface area contributed by atoms with Gasteiger partial charge in [0.1, 0.15) is 0 Å². The summed E-state index contributed by atoms with van der Waals surface area (Å²) in [5.41, 5.74) is 12.8. The van der Waals surface area contributed by atoms with Crippen LogP contribution in [0.1, 0.15) is 46.0 Å². The van der Waals surface area contributed by atoms with Gasteiger partial charge in [0.05, 0.1) is 0 Å². The molecule has 5 heteroatoms. The van der Waals surface area contributed by atoms with Gasteiger partial charge >= 0.3 is 0 Å². The second-order valence-corrected chi connectivity index (χ2v) is 5.74. The van der Waals surface area contributed by atoms with Crippen LogP contribution < -0.4 is 16.8 Å². The zero-order chi connectivity index (χ0) is 15.2. The maximum Gasteiger partial charge on any atom is 0.227 e. The van der Waals surface area contributed by atoms with Gasteiger partial charge in [0, 0.05) is 36.5 Å². The molecule has 0 radical (unpaired) electrons. The molecular weight excluding hydrogens is 252 g/mol. The molecule has 5 N–H and O–H groups in total. The number of nitrogens with one attached hydrogen (secondary N) is 1. The summed E-state index contributed by atoms with van der Waals surface area (Å²) in [4.78, 5) is 16.1. The first-order valence-corrected chi connectivity index (χ1v) is 7.39. The van der Waals surface area contributed by atoms with Crippen molar-refractivity contribution in [1.29, 1.82) is 0 Å². The SMILES string of the molecule is CC/C(=C\C=N/C)NC(=O)[C@H]1CC[C@](N)([C@@H](C)N)CC1. The predicted molar refractivity (Wildman–Crippen MR) is 83.5 cm³/mol. The van der Waals surface area contributed by atoms with Gasteiger partial charge in [-0.15, -0.1) is 0 Å². The van der Waals surface area contributed by atoms with Crippen molar-refractivity contribution < 1.29 is 4.79 Å². The quantitative estimate of drug-likeness (QED) is 0.663. The minimum Gasteiger partial charge on any atom is -0.330 e. The molecule has 0 aliphatic heterocycles. The van der Waals surface area contributed by atoms with Crippen LogP contribution in [0.5, 0.6) is 0 Å². The second-order valence-electron chi connectivity index (χ2n) is 5.74. The van der Waals surface area contributed by atoms with E-state index >= 15 is 0 Å². The van der Waals surface area contributed by atoms with E-state index in [4.69, 9.17) is 11.5 Å². The Hall–Kier alpha value is -1.20. The van der Waals surface area contributed by atoms with Crippen LogP contribution in [-0.2, 0) is 4.79 Å². The van der Waals surface area contributed by atoms with E-state index < -0.39 is 0 Å². The molecule has 114 valence electrons. The lowest BCUT2D eigenvalue weighted by Crippen LogP contribution is -2.56. The summed E-state index contributed by atoms with van der Waals surface area (Å²) in [7, 11) is 1.71. The number of amides is 1. The third-order valence-corrected chi connectivity index (χ3v) is 4.28. The summed E-state index contributed by atoms with van der Waals surface area (Å²) >= 11 is 0. The molecule has 1 saturated carbocycles. The first-order valence-electron chi connectivity index (χ1n) is 7.39. The van der Waals surface area contributed by atoms with Crippen LogP contribution in [0.2, 0.25) is 0 Å². The van der Waals surface area contributed by atoms with Crippen molar-refractivity contribution in [3.8, 4) is 0 Å². The number of nitrogens with zero attached hydrogens (tertiary/aromatic N) is 1. The molecule has 1 aliphatic rings. The largest absolute Gasteiger partial charge is 0.330 e. The third kappa shape index (κ3) is 4.42. The molecule has 5 nitrogen and oxygen atoms in total. The topological polar surface area (TPSA) is 93.5 Å². The first kappa shape index (κ1) is 16.9. The van der Waals surface area contributed by atoms with Gasteiger partial charge in [-0.1, -0.05) is 6.92 Å². The van der Waals surface area contributed by atoms with Crippen LogP contribution in [0.15, 0.2) is 16.8 Å². The smallest absolute Gasteiger partial charge is 0.227 e. The minimum atomic E-state index is -0.310. The van der Waals surface area contributed by atoms with E-state index in [-0.39, 0.29) is 23.4 Å². The molecule has 20 heavy (non-hydrogen) atoms. The Morgan fingerprint density at radius 3 is 2.55 bits per heavy atom. The number of aliphatic imine (C=N–C) groups is 1. The van der Waals surface area contributed by atoms with Crippen LogP contribution >= 0.6 is 0 Å². The van der Waals surface area contributed by atoms with E-state index in [0.29, 0.717) is 0 Å². The zero-order valence-corrected chi connectivity index (χ0v) is 12.9. The van der Waals surface area contributed by atoms with Crippen LogP contribution in [-0.4, -0.2) is 30.8 Å². The average Bonchev–Trinajstić information content (AvgIpc) is 2.43. The van der Waals surface area contributed by atoms with Gasteiger partial charge in [0.15, 0.2) is 0 Å². The highest BCUT2D eigenvalue weighted by atomic mass is 16.1. The van der Waals surface area contributed by atoms with Crippen LogP contribution in [0.25, 0.3) is 0 Å². The highest BCUT2D eigenvalue weighted by Gasteiger charge is 2.36. The van der Waals surface area contributed by atoms with E-state index in [1.165, 1.54) is 0 Å². The molecule has 0 spiro atoms. The van der Waals surface area contributed by atoms with E-state index in [1.807, 2.05) is 19.9 Å². The van der Waals surface area contributed by atoms with Crippen molar-refractivity contribution >= 4 is 12.1 Å². The van der Waals surface area contributed by atoms with Gasteiger partial charge in [-0.25, -0.2) is 0 Å². The van der Waals surface area contributed by atoms with Crippen molar-refractivity contribution in [2.45, 2.75) is 57.5 Å². The van der Waals surface area contributed by atoms with Gasteiger partial charge < -0.3 is 16.8 Å². The van der Waals surface area contributed by atoms with Crippen molar-refractivity contribution in [1.82, 2.24) is 5.32 Å². The Balaban J connectivity index is 2.55. The Morgan fingerprint density at radius 2 is 2.10 bits per heavy atom. The average molecular weight is 280 g/mol. The maximum absolute atomic E-state index is 12.2. The summed E-state index contributed by atoms with van der Waals surface area (Å²) in [6, 6.07) is -0.0293. The number of hydrogen-bond acceptors (Lipinski definition) is 4. The Bertz CT molecular complexity index is 379. The fourth-order valence-corrected chi connectivity index (χ4v) is 2.55. The molecule has 0 aromatic rings. The number of carbonyl (C=O) groups is 1. The van der Waals surface area contributed by atoms with Crippen molar-refractivity contribution in [3.05, 3.63) is 11.8 Å². The fourth-order valence-electron chi connectivity index (χ4n) is 2.55. The van der Waals surface area contributed by atoms with Crippen LogP contribution in [0.4, 0.5) is 0 Å². The molecule has 0 saturated heterocycles. The van der Waals surface area contributed by atoms with Gasteiger partial charge in [0.25, 0.3) is 0 Å². The fraction of sp³-hybridized carbons (Fsp3) is 0.733. The summed E-state index contributed by atoms with van der Waals surface area (Å²) in [5.74, 6) is 0.133. The van der Waals surface area contributed by atoms with Gasteiger partial charge in [0.2, 0.25) is 5.91 Å². The van der Waals surface area contributed by atoms with Gasteiger partial charge in [-0.3, -0.25) is 9.79 Å². The zero-order valence-electron chi connectivity index (χ0n) is 12.9. The molecule has 0 unspecified atom stereocenters. The minimum absolute atomic E-state index is 0.0293. The highest BCUT2D eigenvalue weighted by Crippen LogP contribution is 2.32. The number of carbonyl (C=O) groups excluding carboxylic acids is 1. The molecule has 0 heterocycles. The number of nitrogens with two attached hydrogens (primary N) is 2. The third-order valence-electron chi connectivity index (χ3n) is 4.28. The molecular formula is C15H28N4O. The molecule has 1 amide bonds. The van der Waals surface area contributed by atoms with Gasteiger partial charge in [-0.05, 0) is 45.1 Å². The molecule has 1 aliphatic carbocycles. The van der Waals surface area contributed by atoms with Crippen molar-refractivity contribution in [2.24, 2.45) is 22.4 Å². The lowest BCUT2D eigenvalue weighted by Gasteiger charge is -2.39. The summed E-state index contributed by atoms with van der Waals surface area (Å²) < 4.78 is 0. The normalized spacial score (nSPS) is 29.4. The monoisotopic (exact) mass is 280 g/mol. The lowest BCUT2D eigenvalue weighted by molar-refractivity contribution is -0.125. The number of hydrogen-bond donors (Lipinski definition) is 3. The number of rotatable bonds is 5. The van der Waals surface area contributed by atoms with Crippen LogP contribution in [0, 0.1) is 5.92 Å². The molecule has 1 rings (SSSR count). The highest BCUT2D eigenvalue weighted by molar-refractivity contribution is 5.82. The summed E-state index contributed by atoms with van der Waals surface area (Å²) in [6.07, 6.45) is 7.56. The van der Waals surface area contributed by atoms with E-state index in [2.05, 4.69) is 10.3 Å². The molecule has 0 aromatic carbocycles. The first-order chi connectivity index (χ1) is 9.42. The summed E-state index contributed by atoms with van der Waals surface area (Å²) in [6.45, 7) is 3.96. The standard InChI is InChI=1S/C15H28N4O/c1-4-13(7-10-18-3)19-14(20)12-5-8-15(17,9-6-12)11(2)16/h7,10-12H,4-6,8-9,16-17H2,1-3H3,(H,19,20)/b13-7+,18-10-/t11-,12-,15+/m1/s1. The molecule has 0 aromatic heterocycles. The Labute approximate surface area is 121 Å². The molecule has 1 fully saturated rings. The second kappa shape index (κ2) is 7.55. The van der Waals surface area contributed by atoms with E-state index in [1.54, 1.807) is 13.3 Å². The Kier molecular flexibility index (Phi) is 6.36. The lowest BCUT2D eigenvalue weighted by atomic mass is 9.73. The maximum atomic E-state index is 12.2. The van der Waals surface area contributed by atoms with Crippen LogP contribution in [0.3, 0.4) is 0 Å². The van der Waals surface area contributed by atoms with Crippen molar-refractivity contribution in [3.63, 3.8) is 0 Å². The number of allylic oxidation sites excluding steroid dienone is 2. The van der Waals surface area contributed by atoms with E-state index in [9.17, 15) is 4.79 Å². The van der Waals surface area contributed by atoms with Crippen molar-refractivity contribution in [2.75, 3.05) is 7.05 Å². The predicted octanol–water partition coefficient (Wildman–Crippen LogP) is 1.33.